The summed E-state index contributed by atoms with van der Waals surface area (Å²) in [5, 5.41) is 7.31. The maximum absolute atomic E-state index is 7.31. The van der Waals surface area contributed by atoms with E-state index in [0.29, 0.717) is 18.8 Å². The Morgan fingerprint density at radius 1 is 1.35 bits per heavy atom. The predicted molar refractivity (Wildman–Crippen MR) is 71.8 cm³/mol. The minimum absolute atomic E-state index is 0.0449. The lowest BCUT2D eigenvalue weighted by Gasteiger charge is -2.09. The zero-order valence-electron chi connectivity index (χ0n) is 9.83. The SMILES string of the molecule is CCCOCCOc1ccc(C(=N)N)cc1Br. The summed E-state index contributed by atoms with van der Waals surface area (Å²) in [6.45, 7) is 3.92. The van der Waals surface area contributed by atoms with Crippen LogP contribution in [0, 0.1) is 5.41 Å². The van der Waals surface area contributed by atoms with Crippen LogP contribution in [0.1, 0.15) is 18.9 Å². The minimum atomic E-state index is 0.0449. The Labute approximate surface area is 110 Å². The van der Waals surface area contributed by atoms with Crippen molar-refractivity contribution in [3.63, 3.8) is 0 Å². The molecule has 0 heterocycles. The van der Waals surface area contributed by atoms with E-state index in [-0.39, 0.29) is 5.84 Å². The normalized spacial score (nSPS) is 10.2. The van der Waals surface area contributed by atoms with Gasteiger partial charge in [0, 0.05) is 12.2 Å². The molecule has 1 aromatic carbocycles. The molecule has 0 saturated carbocycles. The van der Waals surface area contributed by atoms with Gasteiger partial charge in [-0.3, -0.25) is 5.41 Å². The number of hydrogen-bond acceptors (Lipinski definition) is 3. The summed E-state index contributed by atoms with van der Waals surface area (Å²) >= 11 is 3.38. The highest BCUT2D eigenvalue weighted by atomic mass is 79.9. The van der Waals surface area contributed by atoms with Gasteiger partial charge in [-0.15, -0.1) is 0 Å². The van der Waals surface area contributed by atoms with Gasteiger partial charge in [0.15, 0.2) is 0 Å². The number of nitrogen functional groups attached to an aromatic ring is 1. The molecule has 0 spiro atoms. The second-order valence-corrected chi connectivity index (χ2v) is 4.37. The summed E-state index contributed by atoms with van der Waals surface area (Å²) < 4.78 is 11.6. The highest BCUT2D eigenvalue weighted by Crippen LogP contribution is 2.25. The fourth-order valence-electron chi connectivity index (χ4n) is 1.24. The molecule has 4 nitrogen and oxygen atoms in total. The monoisotopic (exact) mass is 300 g/mol. The molecule has 0 amide bonds. The van der Waals surface area contributed by atoms with Gasteiger partial charge >= 0.3 is 0 Å². The van der Waals surface area contributed by atoms with E-state index < -0.39 is 0 Å². The zero-order chi connectivity index (χ0) is 12.7. The molecule has 0 aliphatic rings. The number of nitrogens with two attached hydrogens (primary N) is 1. The molecule has 0 saturated heterocycles. The molecule has 0 atom stereocenters. The van der Waals surface area contributed by atoms with Gasteiger partial charge in [-0.1, -0.05) is 6.92 Å². The first-order valence-electron chi connectivity index (χ1n) is 5.49. The predicted octanol–water partition coefficient (Wildman–Crippen LogP) is 2.54. The van der Waals surface area contributed by atoms with Crippen LogP contribution < -0.4 is 10.5 Å². The maximum atomic E-state index is 7.31. The first-order chi connectivity index (χ1) is 8.15. The number of benzene rings is 1. The third-order valence-corrected chi connectivity index (χ3v) is 2.70. The molecule has 3 N–H and O–H groups in total. The number of halogens is 1. The van der Waals surface area contributed by atoms with Gasteiger partial charge in [-0.05, 0) is 40.5 Å². The quantitative estimate of drug-likeness (QED) is 0.462. The van der Waals surface area contributed by atoms with Gasteiger partial charge in [0.2, 0.25) is 0 Å². The summed E-state index contributed by atoms with van der Waals surface area (Å²) in [5.74, 6) is 0.777. The number of ether oxygens (including phenoxy) is 2. The molecule has 0 bridgehead atoms. The first-order valence-corrected chi connectivity index (χ1v) is 6.29. The summed E-state index contributed by atoms with van der Waals surface area (Å²) in [7, 11) is 0. The molecule has 0 aliphatic carbocycles. The van der Waals surface area contributed by atoms with Crippen LogP contribution in [0.4, 0.5) is 0 Å². The highest BCUT2D eigenvalue weighted by molar-refractivity contribution is 9.10. The van der Waals surface area contributed by atoms with Gasteiger partial charge < -0.3 is 15.2 Å². The molecular weight excluding hydrogens is 284 g/mol. The lowest BCUT2D eigenvalue weighted by molar-refractivity contribution is 0.100. The molecule has 1 rings (SSSR count). The van der Waals surface area contributed by atoms with Crippen LogP contribution in [0.15, 0.2) is 22.7 Å². The van der Waals surface area contributed by atoms with Crippen molar-refractivity contribution in [2.45, 2.75) is 13.3 Å². The standard InChI is InChI=1S/C12H17BrN2O2/c1-2-5-16-6-7-17-11-4-3-9(12(14)15)8-10(11)13/h3-4,8H,2,5-7H2,1H3,(H3,14,15). The Kier molecular flexibility index (Phi) is 6.00. The van der Waals surface area contributed by atoms with Crippen LogP contribution in [0.3, 0.4) is 0 Å². The van der Waals surface area contributed by atoms with Gasteiger partial charge in [0.05, 0.1) is 11.1 Å². The van der Waals surface area contributed by atoms with Crippen LogP contribution >= 0.6 is 15.9 Å². The van der Waals surface area contributed by atoms with E-state index in [1.54, 1.807) is 18.2 Å². The second-order valence-electron chi connectivity index (χ2n) is 3.52. The Balaban J connectivity index is 2.46. The van der Waals surface area contributed by atoms with Crippen LogP contribution in [0.25, 0.3) is 0 Å². The molecule has 0 fully saturated rings. The van der Waals surface area contributed by atoms with Gasteiger partial charge in [-0.2, -0.15) is 0 Å². The summed E-state index contributed by atoms with van der Waals surface area (Å²) in [4.78, 5) is 0. The topological polar surface area (TPSA) is 68.3 Å². The van der Waals surface area contributed by atoms with Gasteiger partial charge in [0.1, 0.15) is 18.2 Å². The Morgan fingerprint density at radius 3 is 2.71 bits per heavy atom. The van der Waals surface area contributed by atoms with E-state index in [9.17, 15) is 0 Å². The lowest BCUT2D eigenvalue weighted by Crippen LogP contribution is -2.11. The first kappa shape index (κ1) is 14.0. The Bertz CT molecular complexity index is 383. The summed E-state index contributed by atoms with van der Waals surface area (Å²) in [6, 6.07) is 5.32. The average Bonchev–Trinajstić information content (AvgIpc) is 2.30. The summed E-state index contributed by atoms with van der Waals surface area (Å²) in [6.07, 6.45) is 1.01. The van der Waals surface area contributed by atoms with Crippen molar-refractivity contribution in [3.8, 4) is 5.75 Å². The smallest absolute Gasteiger partial charge is 0.133 e. The summed E-state index contributed by atoms with van der Waals surface area (Å²) in [5.41, 5.74) is 6.06. The molecule has 94 valence electrons. The van der Waals surface area contributed by atoms with Crippen molar-refractivity contribution in [2.24, 2.45) is 5.73 Å². The molecule has 0 unspecified atom stereocenters. The van der Waals surface area contributed by atoms with Gasteiger partial charge in [0.25, 0.3) is 0 Å². The number of hydrogen-bond donors (Lipinski definition) is 2. The van der Waals surface area contributed by atoms with Crippen molar-refractivity contribution >= 4 is 21.8 Å². The number of amidine groups is 1. The van der Waals surface area contributed by atoms with Crippen LogP contribution in [-0.4, -0.2) is 25.7 Å². The fourth-order valence-corrected chi connectivity index (χ4v) is 1.74. The minimum Gasteiger partial charge on any atom is -0.490 e. The Hall–Kier alpha value is -1.07. The number of rotatable bonds is 7. The molecule has 0 aromatic heterocycles. The fraction of sp³-hybridized carbons (Fsp3) is 0.417. The van der Waals surface area contributed by atoms with E-state index in [4.69, 9.17) is 20.6 Å². The van der Waals surface area contributed by atoms with Crippen molar-refractivity contribution in [1.29, 1.82) is 5.41 Å². The van der Waals surface area contributed by atoms with Crippen molar-refractivity contribution in [1.82, 2.24) is 0 Å². The molecule has 0 radical (unpaired) electrons. The van der Waals surface area contributed by atoms with Gasteiger partial charge in [-0.25, -0.2) is 0 Å². The van der Waals surface area contributed by atoms with Crippen molar-refractivity contribution in [3.05, 3.63) is 28.2 Å². The molecular formula is C12H17BrN2O2. The Morgan fingerprint density at radius 2 is 2.12 bits per heavy atom. The zero-order valence-corrected chi connectivity index (χ0v) is 11.4. The highest BCUT2D eigenvalue weighted by Gasteiger charge is 2.04. The van der Waals surface area contributed by atoms with E-state index in [1.807, 2.05) is 0 Å². The van der Waals surface area contributed by atoms with E-state index >= 15 is 0 Å². The van der Waals surface area contributed by atoms with E-state index in [2.05, 4.69) is 22.9 Å². The van der Waals surface area contributed by atoms with Crippen molar-refractivity contribution < 1.29 is 9.47 Å². The molecule has 1 aromatic rings. The largest absolute Gasteiger partial charge is 0.490 e. The molecule has 5 heteroatoms. The number of nitrogens with one attached hydrogen (secondary N) is 1. The molecule has 0 aliphatic heterocycles. The van der Waals surface area contributed by atoms with Crippen molar-refractivity contribution in [2.75, 3.05) is 19.8 Å². The van der Waals surface area contributed by atoms with Crippen LogP contribution in [0.2, 0.25) is 0 Å². The lowest BCUT2D eigenvalue weighted by atomic mass is 10.2. The van der Waals surface area contributed by atoms with Crippen LogP contribution in [-0.2, 0) is 4.74 Å². The average molecular weight is 301 g/mol. The van der Waals surface area contributed by atoms with Crippen LogP contribution in [0.5, 0.6) is 5.75 Å². The van der Waals surface area contributed by atoms with E-state index in [1.165, 1.54) is 0 Å². The third kappa shape index (κ3) is 4.75. The second kappa shape index (κ2) is 7.29. The molecule has 17 heavy (non-hydrogen) atoms. The third-order valence-electron chi connectivity index (χ3n) is 2.08. The maximum Gasteiger partial charge on any atom is 0.133 e. The van der Waals surface area contributed by atoms with E-state index in [0.717, 1.165) is 23.2 Å².